The minimum Gasteiger partial charge on any atom is -0.318 e. The number of thiophene rings is 1. The van der Waals surface area contributed by atoms with Crippen molar-refractivity contribution in [3.8, 4) is 0 Å². The highest BCUT2D eigenvalue weighted by Gasteiger charge is 2.31. The van der Waals surface area contributed by atoms with Gasteiger partial charge in [0, 0.05) is 7.05 Å². The van der Waals surface area contributed by atoms with Crippen LogP contribution >= 0.6 is 11.3 Å². The molecular weight excluding hydrogens is 277 g/mol. The second kappa shape index (κ2) is 5.08. The quantitative estimate of drug-likeness (QED) is 0.892. The zero-order chi connectivity index (χ0) is 14.0. The molecule has 0 fully saturated rings. The van der Waals surface area contributed by atoms with Crippen molar-refractivity contribution in [2.75, 3.05) is 18.9 Å². The first-order chi connectivity index (χ1) is 8.87. The minimum atomic E-state index is -4.40. The van der Waals surface area contributed by atoms with Gasteiger partial charge >= 0.3 is 12.2 Å². The Hall–Kier alpha value is -1.76. The van der Waals surface area contributed by atoms with E-state index in [1.165, 1.54) is 11.3 Å². The van der Waals surface area contributed by atoms with Crippen molar-refractivity contribution in [2.24, 2.45) is 0 Å². The largest absolute Gasteiger partial charge is 0.406 e. The molecule has 0 aliphatic rings. The van der Waals surface area contributed by atoms with Crippen LogP contribution in [0, 0.1) is 0 Å². The third kappa shape index (κ3) is 3.37. The number of carbonyl (C=O) groups is 1. The first kappa shape index (κ1) is 13.7. The molecule has 0 bridgehead atoms. The lowest BCUT2D eigenvalue weighted by atomic mass is 10.2. The fourth-order valence-electron chi connectivity index (χ4n) is 1.64. The lowest BCUT2D eigenvalue weighted by Gasteiger charge is -2.19. The number of rotatable bonds is 2. The molecule has 2 aromatic rings. The highest BCUT2D eigenvalue weighted by atomic mass is 32.1. The Bertz CT molecular complexity index is 594. The van der Waals surface area contributed by atoms with Crippen LogP contribution in [0.15, 0.2) is 29.6 Å². The standard InChI is InChI=1S/C12H11F3N2OS/c1-17(7-12(13,14)15)11(18)16-9-4-2-3-8-5-6-19-10(8)9/h2-6H,7H2,1H3,(H,16,18). The average molecular weight is 288 g/mol. The summed E-state index contributed by atoms with van der Waals surface area (Å²) in [6, 6.07) is 6.39. The van der Waals surface area contributed by atoms with Crippen molar-refractivity contribution in [1.29, 1.82) is 0 Å². The van der Waals surface area contributed by atoms with E-state index in [1.54, 1.807) is 12.1 Å². The molecule has 1 aromatic heterocycles. The summed E-state index contributed by atoms with van der Waals surface area (Å²) in [4.78, 5) is 12.3. The number of hydrogen-bond acceptors (Lipinski definition) is 2. The summed E-state index contributed by atoms with van der Waals surface area (Å²) < 4.78 is 37.4. The smallest absolute Gasteiger partial charge is 0.318 e. The zero-order valence-corrected chi connectivity index (χ0v) is 10.8. The van der Waals surface area contributed by atoms with Gasteiger partial charge < -0.3 is 10.2 Å². The molecule has 19 heavy (non-hydrogen) atoms. The summed E-state index contributed by atoms with van der Waals surface area (Å²) in [6.07, 6.45) is -4.40. The number of carbonyl (C=O) groups excluding carboxylic acids is 1. The molecule has 102 valence electrons. The molecule has 7 heteroatoms. The first-order valence-corrected chi connectivity index (χ1v) is 6.30. The van der Waals surface area contributed by atoms with Gasteiger partial charge in [0.05, 0.1) is 10.4 Å². The maximum Gasteiger partial charge on any atom is 0.406 e. The monoisotopic (exact) mass is 288 g/mol. The fraction of sp³-hybridized carbons (Fsp3) is 0.250. The highest BCUT2D eigenvalue weighted by molar-refractivity contribution is 7.17. The topological polar surface area (TPSA) is 32.3 Å². The van der Waals surface area contributed by atoms with Crippen molar-refractivity contribution < 1.29 is 18.0 Å². The Labute approximate surface area is 111 Å². The Morgan fingerprint density at radius 1 is 1.37 bits per heavy atom. The van der Waals surface area contributed by atoms with Crippen molar-refractivity contribution >= 4 is 33.1 Å². The van der Waals surface area contributed by atoms with Crippen LogP contribution in [-0.2, 0) is 0 Å². The summed E-state index contributed by atoms with van der Waals surface area (Å²) in [5.41, 5.74) is 0.520. The molecule has 2 amide bonds. The number of nitrogens with zero attached hydrogens (tertiary/aromatic N) is 1. The van der Waals surface area contributed by atoms with Gasteiger partial charge in [0.15, 0.2) is 0 Å². The predicted octanol–water partition coefficient (Wildman–Crippen LogP) is 3.93. The molecule has 0 saturated heterocycles. The average Bonchev–Trinajstić information content (AvgIpc) is 2.75. The van der Waals surface area contributed by atoms with E-state index in [4.69, 9.17) is 0 Å². The molecule has 0 atom stereocenters. The van der Waals surface area contributed by atoms with Gasteiger partial charge in [-0.1, -0.05) is 12.1 Å². The van der Waals surface area contributed by atoms with Gasteiger partial charge in [-0.25, -0.2) is 4.79 Å². The van der Waals surface area contributed by atoms with Gasteiger partial charge in [-0.3, -0.25) is 0 Å². The van der Waals surface area contributed by atoms with Gasteiger partial charge in [-0.05, 0) is 22.9 Å². The van der Waals surface area contributed by atoms with Crippen LogP contribution in [0.2, 0.25) is 0 Å². The van der Waals surface area contributed by atoms with Crippen LogP contribution < -0.4 is 5.32 Å². The van der Waals surface area contributed by atoms with Gasteiger partial charge in [0.25, 0.3) is 0 Å². The normalized spacial score (nSPS) is 11.6. The number of anilines is 1. The van der Waals surface area contributed by atoms with Crippen molar-refractivity contribution in [2.45, 2.75) is 6.18 Å². The number of benzene rings is 1. The Kier molecular flexibility index (Phi) is 3.66. The Morgan fingerprint density at radius 3 is 2.79 bits per heavy atom. The molecule has 0 spiro atoms. The van der Waals surface area contributed by atoms with Crippen LogP contribution in [0.3, 0.4) is 0 Å². The third-order valence-electron chi connectivity index (χ3n) is 2.48. The van der Waals surface area contributed by atoms with E-state index >= 15 is 0 Å². The van der Waals surface area contributed by atoms with Crippen LogP contribution in [0.5, 0.6) is 0 Å². The van der Waals surface area contributed by atoms with Gasteiger partial charge in [-0.2, -0.15) is 13.2 Å². The molecule has 0 aliphatic heterocycles. The van der Waals surface area contributed by atoms with Gasteiger partial charge in [0.1, 0.15) is 6.54 Å². The number of nitrogens with one attached hydrogen (secondary N) is 1. The number of fused-ring (bicyclic) bond motifs is 1. The third-order valence-corrected chi connectivity index (χ3v) is 3.45. The fourth-order valence-corrected chi connectivity index (χ4v) is 2.51. The number of alkyl halides is 3. The van der Waals surface area contributed by atoms with E-state index in [9.17, 15) is 18.0 Å². The van der Waals surface area contributed by atoms with Crippen LogP contribution in [-0.4, -0.2) is 30.7 Å². The number of halogens is 3. The molecule has 1 aromatic carbocycles. The molecule has 0 radical (unpaired) electrons. The molecule has 3 nitrogen and oxygen atoms in total. The van der Waals surface area contributed by atoms with Crippen LogP contribution in [0.25, 0.3) is 10.1 Å². The highest BCUT2D eigenvalue weighted by Crippen LogP contribution is 2.28. The van der Waals surface area contributed by atoms with E-state index in [0.29, 0.717) is 10.6 Å². The molecule has 0 aliphatic carbocycles. The molecule has 1 heterocycles. The van der Waals surface area contributed by atoms with E-state index in [-0.39, 0.29) is 0 Å². The van der Waals surface area contributed by atoms with Gasteiger partial charge in [-0.15, -0.1) is 11.3 Å². The molecule has 0 unspecified atom stereocenters. The van der Waals surface area contributed by atoms with Crippen molar-refractivity contribution in [3.05, 3.63) is 29.6 Å². The Balaban J connectivity index is 2.13. The molecule has 1 N–H and O–H groups in total. The van der Waals surface area contributed by atoms with E-state index < -0.39 is 18.8 Å². The zero-order valence-electron chi connectivity index (χ0n) is 9.99. The SMILES string of the molecule is CN(CC(F)(F)F)C(=O)Nc1cccc2ccsc12. The van der Waals surface area contributed by atoms with Gasteiger partial charge in [0.2, 0.25) is 0 Å². The minimum absolute atomic E-state index is 0.520. The van der Waals surface area contributed by atoms with E-state index in [1.807, 2.05) is 17.5 Å². The summed E-state index contributed by atoms with van der Waals surface area (Å²) >= 11 is 1.43. The summed E-state index contributed by atoms with van der Waals surface area (Å²) in [7, 11) is 1.11. The number of hydrogen-bond donors (Lipinski definition) is 1. The number of amides is 2. The second-order valence-corrected chi connectivity index (χ2v) is 4.96. The maximum absolute atomic E-state index is 12.2. The summed E-state index contributed by atoms with van der Waals surface area (Å²) in [5, 5.41) is 5.30. The summed E-state index contributed by atoms with van der Waals surface area (Å²) in [5.74, 6) is 0. The lowest BCUT2D eigenvalue weighted by Crippen LogP contribution is -2.38. The van der Waals surface area contributed by atoms with Crippen LogP contribution in [0.1, 0.15) is 0 Å². The molecule has 0 saturated carbocycles. The molecule has 2 rings (SSSR count). The lowest BCUT2D eigenvalue weighted by molar-refractivity contribution is -0.137. The maximum atomic E-state index is 12.2. The van der Waals surface area contributed by atoms with Crippen molar-refractivity contribution in [1.82, 2.24) is 4.90 Å². The molecular formula is C12H11F3N2OS. The predicted molar refractivity (Wildman–Crippen MR) is 69.5 cm³/mol. The summed E-state index contributed by atoms with van der Waals surface area (Å²) in [6.45, 7) is -1.28. The Morgan fingerprint density at radius 2 is 2.11 bits per heavy atom. The van der Waals surface area contributed by atoms with E-state index in [2.05, 4.69) is 5.32 Å². The van der Waals surface area contributed by atoms with E-state index in [0.717, 1.165) is 17.1 Å². The first-order valence-electron chi connectivity index (χ1n) is 5.42. The van der Waals surface area contributed by atoms with Crippen molar-refractivity contribution in [3.63, 3.8) is 0 Å². The number of urea groups is 1. The second-order valence-electron chi connectivity index (χ2n) is 4.05. The van der Waals surface area contributed by atoms with Crippen LogP contribution in [0.4, 0.5) is 23.7 Å².